The monoisotopic (exact) mass is 416 g/mol. The molecule has 9 heteroatoms. The third kappa shape index (κ3) is 4.35. The maximum absolute atomic E-state index is 12.7. The minimum absolute atomic E-state index is 0.0887. The van der Waals surface area contributed by atoms with Crippen LogP contribution in [0, 0.1) is 0 Å². The third-order valence-corrected chi connectivity index (χ3v) is 5.98. The van der Waals surface area contributed by atoms with Crippen molar-refractivity contribution in [2.45, 2.75) is 51.2 Å². The van der Waals surface area contributed by atoms with E-state index in [-0.39, 0.29) is 38.0 Å². The van der Waals surface area contributed by atoms with E-state index >= 15 is 0 Å². The van der Waals surface area contributed by atoms with Gasteiger partial charge < -0.3 is 20.1 Å². The first kappa shape index (κ1) is 20.5. The molecule has 9 nitrogen and oxygen atoms in total. The first-order valence-electron chi connectivity index (χ1n) is 10.6. The number of nitrogens with one attached hydrogen (secondary N) is 2. The fourth-order valence-corrected chi connectivity index (χ4v) is 4.28. The fourth-order valence-electron chi connectivity index (χ4n) is 4.28. The average Bonchev–Trinajstić information content (AvgIpc) is 3.46. The molecular weight excluding hydrogens is 388 g/mol. The number of carbonyl (C=O) groups is 3. The average molecular weight is 416 g/mol. The van der Waals surface area contributed by atoms with Gasteiger partial charge in [-0.1, -0.05) is 13.0 Å². The normalized spacial score (nSPS) is 23.2. The number of likely N-dealkylation sites (tertiary alicyclic amines) is 1. The first-order chi connectivity index (χ1) is 14.5. The number of imide groups is 1. The SMILES string of the molecule is CCN1CCCC1CNC(=O)CCC1NC(=O)N(Cc2ccc3c(c2)OCO3)C1=O. The third-order valence-electron chi connectivity index (χ3n) is 5.98. The predicted molar refractivity (Wildman–Crippen MR) is 108 cm³/mol. The Kier molecular flexibility index (Phi) is 6.08. The van der Waals surface area contributed by atoms with Crippen molar-refractivity contribution in [1.82, 2.24) is 20.4 Å². The van der Waals surface area contributed by atoms with E-state index in [0.29, 0.717) is 24.1 Å². The van der Waals surface area contributed by atoms with Gasteiger partial charge in [-0.25, -0.2) is 4.79 Å². The molecule has 4 rings (SSSR count). The van der Waals surface area contributed by atoms with Gasteiger partial charge in [-0.15, -0.1) is 0 Å². The number of urea groups is 1. The molecule has 162 valence electrons. The highest BCUT2D eigenvalue weighted by atomic mass is 16.7. The van der Waals surface area contributed by atoms with E-state index in [1.807, 2.05) is 0 Å². The molecule has 1 aromatic rings. The molecule has 1 aromatic carbocycles. The molecule has 0 radical (unpaired) electrons. The largest absolute Gasteiger partial charge is 0.454 e. The Labute approximate surface area is 175 Å². The molecule has 3 heterocycles. The lowest BCUT2D eigenvalue weighted by Gasteiger charge is -2.22. The summed E-state index contributed by atoms with van der Waals surface area (Å²) >= 11 is 0. The second-order valence-corrected chi connectivity index (χ2v) is 7.88. The van der Waals surface area contributed by atoms with Gasteiger partial charge in [-0.3, -0.25) is 19.4 Å². The number of hydrogen-bond donors (Lipinski definition) is 2. The molecular formula is C21H28N4O5. The maximum atomic E-state index is 12.7. The molecule has 0 saturated carbocycles. The van der Waals surface area contributed by atoms with Gasteiger partial charge in [0.2, 0.25) is 12.7 Å². The second kappa shape index (κ2) is 8.91. The van der Waals surface area contributed by atoms with Crippen molar-refractivity contribution in [3.8, 4) is 11.5 Å². The van der Waals surface area contributed by atoms with Crippen molar-refractivity contribution in [2.75, 3.05) is 26.4 Å². The van der Waals surface area contributed by atoms with E-state index in [2.05, 4.69) is 22.5 Å². The summed E-state index contributed by atoms with van der Waals surface area (Å²) in [6, 6.07) is 4.62. The predicted octanol–water partition coefficient (Wildman–Crippen LogP) is 1.22. The van der Waals surface area contributed by atoms with Crippen LogP contribution in [0.4, 0.5) is 4.79 Å². The fraction of sp³-hybridized carbons (Fsp3) is 0.571. The summed E-state index contributed by atoms with van der Waals surface area (Å²) in [6.07, 6.45) is 2.75. The summed E-state index contributed by atoms with van der Waals surface area (Å²) in [5.74, 6) is 0.865. The van der Waals surface area contributed by atoms with Gasteiger partial charge in [0.25, 0.3) is 5.91 Å². The topological polar surface area (TPSA) is 100 Å². The van der Waals surface area contributed by atoms with Crippen LogP contribution in [0.1, 0.15) is 38.2 Å². The van der Waals surface area contributed by atoms with E-state index in [0.717, 1.165) is 31.5 Å². The Bertz CT molecular complexity index is 830. The molecule has 0 aliphatic carbocycles. The molecule has 2 fully saturated rings. The van der Waals surface area contributed by atoms with E-state index in [1.165, 1.54) is 4.90 Å². The minimum atomic E-state index is -0.670. The number of nitrogens with zero attached hydrogens (tertiary/aromatic N) is 2. The highest BCUT2D eigenvalue weighted by Gasteiger charge is 2.38. The number of benzene rings is 1. The van der Waals surface area contributed by atoms with Crippen LogP contribution in [0.15, 0.2) is 18.2 Å². The van der Waals surface area contributed by atoms with Crippen molar-refractivity contribution in [1.29, 1.82) is 0 Å². The lowest BCUT2D eigenvalue weighted by molar-refractivity contribution is -0.128. The van der Waals surface area contributed by atoms with Crippen LogP contribution < -0.4 is 20.1 Å². The number of carbonyl (C=O) groups excluding carboxylic acids is 3. The van der Waals surface area contributed by atoms with Crippen LogP contribution in [0.3, 0.4) is 0 Å². The molecule has 30 heavy (non-hydrogen) atoms. The van der Waals surface area contributed by atoms with E-state index in [4.69, 9.17) is 9.47 Å². The lowest BCUT2D eigenvalue weighted by atomic mass is 10.1. The van der Waals surface area contributed by atoms with Crippen molar-refractivity contribution in [3.63, 3.8) is 0 Å². The molecule has 3 aliphatic rings. The van der Waals surface area contributed by atoms with Crippen molar-refractivity contribution in [2.24, 2.45) is 0 Å². The molecule has 2 saturated heterocycles. The van der Waals surface area contributed by atoms with Crippen LogP contribution in [-0.2, 0) is 16.1 Å². The van der Waals surface area contributed by atoms with E-state index in [1.54, 1.807) is 18.2 Å². The Balaban J connectivity index is 1.25. The number of hydrogen-bond acceptors (Lipinski definition) is 6. The van der Waals surface area contributed by atoms with Crippen LogP contribution in [0.25, 0.3) is 0 Å². The van der Waals surface area contributed by atoms with Crippen molar-refractivity contribution >= 4 is 17.8 Å². The van der Waals surface area contributed by atoms with Gasteiger partial charge in [-0.05, 0) is 50.0 Å². The van der Waals surface area contributed by atoms with Crippen LogP contribution in [0.5, 0.6) is 11.5 Å². The number of amides is 4. The molecule has 2 N–H and O–H groups in total. The van der Waals surface area contributed by atoms with Gasteiger partial charge in [0.15, 0.2) is 11.5 Å². The van der Waals surface area contributed by atoms with Gasteiger partial charge in [0.05, 0.1) is 6.54 Å². The highest BCUT2D eigenvalue weighted by Crippen LogP contribution is 2.33. The summed E-state index contributed by atoms with van der Waals surface area (Å²) < 4.78 is 10.6. The summed E-state index contributed by atoms with van der Waals surface area (Å²) in [5, 5.41) is 5.66. The molecule has 4 amide bonds. The zero-order valence-corrected chi connectivity index (χ0v) is 17.2. The van der Waals surface area contributed by atoms with Crippen LogP contribution in [-0.4, -0.2) is 66.2 Å². The number of fused-ring (bicyclic) bond motifs is 1. The zero-order valence-electron chi connectivity index (χ0n) is 17.2. The molecule has 2 atom stereocenters. The number of ether oxygens (including phenoxy) is 2. The van der Waals surface area contributed by atoms with Gasteiger partial charge >= 0.3 is 6.03 Å². The Hall–Kier alpha value is -2.81. The maximum Gasteiger partial charge on any atom is 0.325 e. The quantitative estimate of drug-likeness (QED) is 0.618. The Morgan fingerprint density at radius 2 is 2.10 bits per heavy atom. The number of rotatable bonds is 8. The van der Waals surface area contributed by atoms with E-state index < -0.39 is 12.1 Å². The standard InChI is InChI=1S/C21H28N4O5/c1-2-24-9-3-4-15(24)11-22-19(26)8-6-16-20(27)25(21(28)23-16)12-14-5-7-17-18(10-14)30-13-29-17/h5,7,10,15-16H,2-4,6,8-9,11-13H2,1H3,(H,22,26)(H,23,28). The molecule has 0 aromatic heterocycles. The molecule has 0 spiro atoms. The molecule has 2 unspecified atom stereocenters. The number of likely N-dealkylation sites (N-methyl/N-ethyl adjacent to an activating group) is 1. The summed E-state index contributed by atoms with van der Waals surface area (Å²) in [5.41, 5.74) is 0.776. The van der Waals surface area contributed by atoms with Gasteiger partial charge in [0.1, 0.15) is 6.04 Å². The second-order valence-electron chi connectivity index (χ2n) is 7.88. The Morgan fingerprint density at radius 1 is 1.27 bits per heavy atom. The van der Waals surface area contributed by atoms with E-state index in [9.17, 15) is 14.4 Å². The summed E-state index contributed by atoms with van der Waals surface area (Å²) in [6.45, 7) is 5.15. The first-order valence-corrected chi connectivity index (χ1v) is 10.6. The van der Waals surface area contributed by atoms with Crippen LogP contribution in [0.2, 0.25) is 0 Å². The highest BCUT2D eigenvalue weighted by molar-refractivity contribution is 6.04. The smallest absolute Gasteiger partial charge is 0.325 e. The minimum Gasteiger partial charge on any atom is -0.454 e. The summed E-state index contributed by atoms with van der Waals surface area (Å²) in [7, 11) is 0. The zero-order chi connectivity index (χ0) is 21.1. The summed E-state index contributed by atoms with van der Waals surface area (Å²) in [4.78, 5) is 40.7. The van der Waals surface area contributed by atoms with Crippen LogP contribution >= 0.6 is 0 Å². The van der Waals surface area contributed by atoms with Crippen molar-refractivity contribution in [3.05, 3.63) is 23.8 Å². The molecule has 0 bridgehead atoms. The Morgan fingerprint density at radius 3 is 2.93 bits per heavy atom. The lowest BCUT2D eigenvalue weighted by Crippen LogP contribution is -2.40. The van der Waals surface area contributed by atoms with Gasteiger partial charge in [-0.2, -0.15) is 0 Å². The van der Waals surface area contributed by atoms with Crippen molar-refractivity contribution < 1.29 is 23.9 Å². The molecule has 3 aliphatic heterocycles. The van der Waals surface area contributed by atoms with Gasteiger partial charge in [0, 0.05) is 19.0 Å².